The van der Waals surface area contributed by atoms with E-state index in [-0.39, 0.29) is 11.7 Å². The van der Waals surface area contributed by atoms with Gasteiger partial charge in [-0.1, -0.05) is 0 Å². The van der Waals surface area contributed by atoms with Crippen LogP contribution in [0.25, 0.3) is 0 Å². The fourth-order valence-corrected chi connectivity index (χ4v) is 1.99. The number of rotatable bonds is 3. The maximum atomic E-state index is 11.8. The minimum absolute atomic E-state index is 0.0831. The molecule has 0 saturated heterocycles. The van der Waals surface area contributed by atoms with Gasteiger partial charge >= 0.3 is 0 Å². The van der Waals surface area contributed by atoms with E-state index in [1.54, 1.807) is 19.2 Å². The van der Waals surface area contributed by atoms with E-state index in [1.165, 1.54) is 0 Å². The Morgan fingerprint density at radius 3 is 3.00 bits per heavy atom. The molecule has 0 radical (unpaired) electrons. The Morgan fingerprint density at radius 1 is 1.53 bits per heavy atom. The molecule has 0 amide bonds. The molecule has 0 N–H and O–H groups in total. The zero-order valence-electron chi connectivity index (χ0n) is 8.53. The summed E-state index contributed by atoms with van der Waals surface area (Å²) in [5.41, 5.74) is 1.73. The lowest BCUT2D eigenvalue weighted by Crippen LogP contribution is -2.08. The van der Waals surface area contributed by atoms with Crippen molar-refractivity contribution in [3.63, 3.8) is 0 Å². The number of carbonyl (C=O) groups is 2. The molecular weight excluding hydrogens is 192 g/mol. The van der Waals surface area contributed by atoms with Crippen LogP contribution in [0.1, 0.15) is 22.3 Å². The van der Waals surface area contributed by atoms with E-state index < -0.39 is 0 Å². The number of ketones is 1. The van der Waals surface area contributed by atoms with Crippen molar-refractivity contribution in [1.29, 1.82) is 0 Å². The molecule has 15 heavy (non-hydrogen) atoms. The minimum Gasteiger partial charge on any atom is -0.497 e. The first-order valence-corrected chi connectivity index (χ1v) is 4.91. The summed E-state index contributed by atoms with van der Waals surface area (Å²) in [6.45, 7) is 0. The highest BCUT2D eigenvalue weighted by atomic mass is 16.5. The first kappa shape index (κ1) is 9.90. The average Bonchev–Trinajstić information content (AvgIpc) is 2.56. The topological polar surface area (TPSA) is 43.4 Å². The lowest BCUT2D eigenvalue weighted by Gasteiger charge is -2.01. The number of fused-ring (bicyclic) bond motifs is 1. The van der Waals surface area contributed by atoms with Crippen LogP contribution in [-0.2, 0) is 11.2 Å². The standard InChI is InChI=1S/C12H12O3/c1-15-10-2-3-11-9(7-10)6-8(4-5-13)12(11)14/h2-3,5,7-8H,4,6H2,1H3/t8-/m1/s1. The first-order valence-electron chi connectivity index (χ1n) is 4.91. The van der Waals surface area contributed by atoms with Gasteiger partial charge in [-0.05, 0) is 30.2 Å². The summed E-state index contributed by atoms with van der Waals surface area (Å²) in [6.07, 6.45) is 1.78. The van der Waals surface area contributed by atoms with Gasteiger partial charge in [0, 0.05) is 17.9 Å². The molecule has 1 aromatic carbocycles. The molecule has 0 bridgehead atoms. The van der Waals surface area contributed by atoms with Crippen molar-refractivity contribution < 1.29 is 14.3 Å². The third-order valence-electron chi connectivity index (χ3n) is 2.80. The molecule has 1 aromatic rings. The summed E-state index contributed by atoms with van der Waals surface area (Å²) in [7, 11) is 1.60. The van der Waals surface area contributed by atoms with E-state index in [0.29, 0.717) is 12.8 Å². The lowest BCUT2D eigenvalue weighted by molar-refractivity contribution is -0.108. The van der Waals surface area contributed by atoms with Crippen molar-refractivity contribution in [2.45, 2.75) is 12.8 Å². The molecule has 0 aliphatic heterocycles. The van der Waals surface area contributed by atoms with Crippen molar-refractivity contribution in [1.82, 2.24) is 0 Å². The van der Waals surface area contributed by atoms with Crippen LogP contribution in [0.5, 0.6) is 5.75 Å². The Labute approximate surface area is 88.1 Å². The van der Waals surface area contributed by atoms with E-state index in [4.69, 9.17) is 4.74 Å². The van der Waals surface area contributed by atoms with Crippen molar-refractivity contribution in [2.24, 2.45) is 5.92 Å². The van der Waals surface area contributed by atoms with Crippen LogP contribution >= 0.6 is 0 Å². The molecule has 3 heteroatoms. The molecule has 0 fully saturated rings. The summed E-state index contributed by atoms with van der Waals surface area (Å²) in [5, 5.41) is 0. The van der Waals surface area contributed by atoms with Crippen molar-refractivity contribution in [2.75, 3.05) is 7.11 Å². The monoisotopic (exact) mass is 204 g/mol. The Kier molecular flexibility index (Phi) is 2.54. The van der Waals surface area contributed by atoms with Gasteiger partial charge in [-0.15, -0.1) is 0 Å². The second kappa shape index (κ2) is 3.85. The molecule has 0 spiro atoms. The van der Waals surface area contributed by atoms with E-state index in [0.717, 1.165) is 23.2 Å². The second-order valence-electron chi connectivity index (χ2n) is 3.69. The maximum Gasteiger partial charge on any atom is 0.166 e. The molecule has 0 heterocycles. The number of hydrogen-bond acceptors (Lipinski definition) is 3. The number of aldehydes is 1. The predicted molar refractivity (Wildman–Crippen MR) is 55.2 cm³/mol. The zero-order chi connectivity index (χ0) is 10.8. The third kappa shape index (κ3) is 1.65. The predicted octanol–water partition coefficient (Wildman–Crippen LogP) is 1.64. The number of Topliss-reactive ketones (excluding diaryl/α,β-unsaturated/α-hetero) is 1. The number of benzene rings is 1. The van der Waals surface area contributed by atoms with Crippen LogP contribution in [-0.4, -0.2) is 19.2 Å². The van der Waals surface area contributed by atoms with Gasteiger partial charge in [0.1, 0.15) is 12.0 Å². The summed E-state index contributed by atoms with van der Waals surface area (Å²) < 4.78 is 5.09. The van der Waals surface area contributed by atoms with Gasteiger partial charge < -0.3 is 9.53 Å². The number of carbonyl (C=O) groups excluding carboxylic acids is 2. The van der Waals surface area contributed by atoms with E-state index >= 15 is 0 Å². The number of ether oxygens (including phenoxy) is 1. The molecule has 1 aliphatic rings. The third-order valence-corrected chi connectivity index (χ3v) is 2.80. The smallest absolute Gasteiger partial charge is 0.166 e. The molecule has 3 nitrogen and oxygen atoms in total. The van der Waals surface area contributed by atoms with Gasteiger partial charge in [0.2, 0.25) is 0 Å². The summed E-state index contributed by atoms with van der Waals surface area (Å²) in [4.78, 5) is 22.2. The molecule has 78 valence electrons. The zero-order valence-corrected chi connectivity index (χ0v) is 8.53. The molecule has 0 unspecified atom stereocenters. The van der Waals surface area contributed by atoms with E-state index in [1.807, 2.05) is 6.07 Å². The van der Waals surface area contributed by atoms with Gasteiger partial charge in [-0.25, -0.2) is 0 Å². The van der Waals surface area contributed by atoms with Gasteiger partial charge in [-0.2, -0.15) is 0 Å². The van der Waals surface area contributed by atoms with Gasteiger partial charge in [0.15, 0.2) is 5.78 Å². The molecule has 0 saturated carbocycles. The lowest BCUT2D eigenvalue weighted by atomic mass is 10.0. The SMILES string of the molecule is COc1ccc2c(c1)C[C@@H](CC=O)C2=O. The quantitative estimate of drug-likeness (QED) is 0.703. The number of hydrogen-bond donors (Lipinski definition) is 0. The maximum absolute atomic E-state index is 11.8. The highest BCUT2D eigenvalue weighted by Gasteiger charge is 2.30. The Morgan fingerprint density at radius 2 is 2.33 bits per heavy atom. The summed E-state index contributed by atoms with van der Waals surface area (Å²) in [6, 6.07) is 5.43. The minimum atomic E-state index is -0.162. The van der Waals surface area contributed by atoms with Gasteiger partial charge in [0.25, 0.3) is 0 Å². The molecule has 0 aromatic heterocycles. The highest BCUT2D eigenvalue weighted by molar-refractivity contribution is 6.03. The summed E-state index contributed by atoms with van der Waals surface area (Å²) in [5.74, 6) is 0.678. The van der Waals surface area contributed by atoms with Gasteiger partial charge in [0.05, 0.1) is 7.11 Å². The van der Waals surface area contributed by atoms with Crippen LogP contribution in [0.4, 0.5) is 0 Å². The van der Waals surface area contributed by atoms with E-state index in [9.17, 15) is 9.59 Å². The van der Waals surface area contributed by atoms with Crippen molar-refractivity contribution >= 4 is 12.1 Å². The molecule has 1 aliphatic carbocycles. The molecule has 2 rings (SSSR count). The second-order valence-corrected chi connectivity index (χ2v) is 3.69. The Hall–Kier alpha value is -1.64. The largest absolute Gasteiger partial charge is 0.497 e. The van der Waals surface area contributed by atoms with Crippen molar-refractivity contribution in [3.05, 3.63) is 29.3 Å². The van der Waals surface area contributed by atoms with E-state index in [2.05, 4.69) is 0 Å². The number of methoxy groups -OCH3 is 1. The van der Waals surface area contributed by atoms with Gasteiger partial charge in [-0.3, -0.25) is 4.79 Å². The van der Waals surface area contributed by atoms with Crippen LogP contribution in [0.15, 0.2) is 18.2 Å². The first-order chi connectivity index (χ1) is 7.26. The fourth-order valence-electron chi connectivity index (χ4n) is 1.99. The molecular formula is C12H12O3. The van der Waals surface area contributed by atoms with Crippen molar-refractivity contribution in [3.8, 4) is 5.75 Å². The highest BCUT2D eigenvalue weighted by Crippen LogP contribution is 2.30. The summed E-state index contributed by atoms with van der Waals surface area (Å²) >= 11 is 0. The van der Waals surface area contributed by atoms with Crippen LogP contribution < -0.4 is 4.74 Å². The normalized spacial score (nSPS) is 18.7. The fraction of sp³-hybridized carbons (Fsp3) is 0.333. The Bertz CT molecular complexity index is 409. The average molecular weight is 204 g/mol. The Balaban J connectivity index is 2.32. The van der Waals surface area contributed by atoms with Crippen LogP contribution in [0.3, 0.4) is 0 Å². The van der Waals surface area contributed by atoms with Crippen LogP contribution in [0.2, 0.25) is 0 Å². The van der Waals surface area contributed by atoms with Crippen LogP contribution in [0, 0.1) is 5.92 Å². The molecule has 1 atom stereocenters.